The van der Waals surface area contributed by atoms with Gasteiger partial charge in [-0.15, -0.1) is 18.3 Å². The standard InChI is InChI=1S/C53H64N2O9S/c1-3-29-62-53-48(55(52(58)59-2)36-39-19-15-18-37-16-7-8-22-42(37)39)35-46(54-64-49-24-11-14-30-61-49)44-33-38(17-9-12-27-56)43(23-10-13-28-57)50(51(44)53)45-34-40(25-26-47(45)63-53)60-31-32-65-41-20-5-4-6-21-41/h3-8,15-16,18-22,25-26,33-34,38,43,48-51,56-57H,1,9-14,17,23-24,27-32,35-36H2,2H3/t38-,43+,48-,49?,50+,51+,53+/m0/s1. The van der Waals surface area contributed by atoms with E-state index in [0.717, 1.165) is 83.9 Å². The average Bonchev–Trinajstić information content (AvgIpc) is 3.35. The van der Waals surface area contributed by atoms with E-state index in [1.54, 1.807) is 22.7 Å². The van der Waals surface area contributed by atoms with Crippen LogP contribution in [0.3, 0.4) is 0 Å². The maximum Gasteiger partial charge on any atom is 0.410 e. The van der Waals surface area contributed by atoms with Gasteiger partial charge in [-0.25, -0.2) is 4.79 Å². The van der Waals surface area contributed by atoms with Crippen molar-refractivity contribution in [1.82, 2.24) is 4.90 Å². The van der Waals surface area contributed by atoms with Crippen molar-refractivity contribution in [2.45, 2.75) is 99.7 Å². The number of unbranched alkanes of at least 4 members (excludes halogenated alkanes) is 2. The smallest absolute Gasteiger partial charge is 0.410 e. The van der Waals surface area contributed by atoms with Gasteiger partial charge in [0.15, 0.2) is 0 Å². The minimum Gasteiger partial charge on any atom is -0.493 e. The Balaban J connectivity index is 1.29. The number of allylic oxidation sites excluding steroid dienone is 1. The molecule has 0 radical (unpaired) electrons. The number of aliphatic hydroxyl groups excluding tert-OH is 2. The lowest BCUT2D eigenvalue weighted by molar-refractivity contribution is -0.256. The number of aliphatic hydroxyl groups is 2. The molecule has 1 saturated carbocycles. The summed E-state index contributed by atoms with van der Waals surface area (Å²) in [5.41, 5.74) is 3.63. The highest BCUT2D eigenvalue weighted by atomic mass is 32.2. The van der Waals surface area contributed by atoms with Crippen LogP contribution >= 0.6 is 11.8 Å². The zero-order valence-electron chi connectivity index (χ0n) is 37.6. The van der Waals surface area contributed by atoms with E-state index < -0.39 is 30.1 Å². The molecular weight excluding hydrogens is 841 g/mol. The minimum atomic E-state index is -1.43. The first-order valence-electron chi connectivity index (χ1n) is 23.5. The average molecular weight is 905 g/mol. The lowest BCUT2D eigenvalue weighted by Gasteiger charge is -2.59. The zero-order chi connectivity index (χ0) is 45.0. The number of hydrogen-bond acceptors (Lipinski definition) is 11. The number of carbonyl (C=O) groups is 1. The summed E-state index contributed by atoms with van der Waals surface area (Å²) < 4.78 is 32.8. The SMILES string of the molecule is C=CCO[C@@]12Oc3ccc(OCCSc4ccccc4)cc3[C@H]3[C@H](CCCCO)[C@@H](CCCCO)C=C(C(=NOC4CCCCO4)C[C@@H]1N(Cc1cccc4ccccc14)C(=O)OC)[C@H]32. The number of benzene rings is 4. The fraction of sp³-hybridized carbons (Fsp3) is 0.472. The largest absolute Gasteiger partial charge is 0.493 e. The highest BCUT2D eigenvalue weighted by Crippen LogP contribution is 2.62. The number of carbonyl (C=O) groups excluding carboxylic acids is 1. The molecule has 0 aromatic heterocycles. The molecule has 2 aliphatic carbocycles. The molecule has 2 fully saturated rings. The number of ether oxygens (including phenoxy) is 5. The molecule has 2 heterocycles. The molecule has 2 aliphatic heterocycles. The van der Waals surface area contributed by atoms with E-state index in [9.17, 15) is 15.0 Å². The van der Waals surface area contributed by atoms with Gasteiger partial charge in [-0.1, -0.05) is 90.8 Å². The normalized spacial score (nSPS) is 25.2. The van der Waals surface area contributed by atoms with Gasteiger partial charge in [-0.05, 0) is 103 Å². The van der Waals surface area contributed by atoms with E-state index >= 15 is 0 Å². The van der Waals surface area contributed by atoms with Crippen molar-refractivity contribution in [2.24, 2.45) is 22.9 Å². The Kier molecular flexibility index (Phi) is 16.2. The van der Waals surface area contributed by atoms with Gasteiger partial charge in [-0.2, -0.15) is 0 Å². The topological polar surface area (TPSA) is 129 Å². The molecule has 0 bridgehead atoms. The highest BCUT2D eigenvalue weighted by Gasteiger charge is 2.65. The second kappa shape index (κ2) is 22.6. The molecule has 4 aliphatic rings. The molecule has 2 N–H and O–H groups in total. The number of amides is 1. The molecule has 346 valence electrons. The summed E-state index contributed by atoms with van der Waals surface area (Å²) in [5, 5.41) is 27.1. The van der Waals surface area contributed by atoms with Gasteiger partial charge >= 0.3 is 6.09 Å². The molecule has 12 heteroatoms. The maximum atomic E-state index is 14.5. The van der Waals surface area contributed by atoms with Crippen LogP contribution in [0.1, 0.15) is 81.3 Å². The summed E-state index contributed by atoms with van der Waals surface area (Å²) in [6.07, 6.45) is 10.7. The molecule has 0 spiro atoms. The van der Waals surface area contributed by atoms with Crippen LogP contribution in [0.15, 0.2) is 125 Å². The minimum absolute atomic E-state index is 0.0690. The Morgan fingerprint density at radius 2 is 1.77 bits per heavy atom. The maximum absolute atomic E-state index is 14.5. The Labute approximate surface area is 387 Å². The van der Waals surface area contributed by atoms with Crippen LogP contribution in [0.2, 0.25) is 0 Å². The highest BCUT2D eigenvalue weighted by molar-refractivity contribution is 7.99. The van der Waals surface area contributed by atoms with E-state index in [1.165, 1.54) is 12.0 Å². The third kappa shape index (κ3) is 10.6. The van der Waals surface area contributed by atoms with Gasteiger partial charge in [0.05, 0.1) is 45.1 Å². The molecule has 8 rings (SSSR count). The molecule has 4 aromatic carbocycles. The predicted molar refractivity (Wildman–Crippen MR) is 254 cm³/mol. The van der Waals surface area contributed by atoms with E-state index in [2.05, 4.69) is 55.1 Å². The van der Waals surface area contributed by atoms with Crippen LogP contribution in [-0.2, 0) is 25.6 Å². The summed E-state index contributed by atoms with van der Waals surface area (Å²) in [6.45, 7) is 5.78. The number of nitrogens with zero attached hydrogens (tertiary/aromatic N) is 2. The van der Waals surface area contributed by atoms with Crippen LogP contribution in [0.5, 0.6) is 11.5 Å². The number of thioether (sulfide) groups is 1. The molecule has 11 nitrogen and oxygen atoms in total. The van der Waals surface area contributed by atoms with Crippen LogP contribution in [0.25, 0.3) is 10.8 Å². The summed E-state index contributed by atoms with van der Waals surface area (Å²) in [7, 11) is 1.41. The third-order valence-corrected chi connectivity index (χ3v) is 14.4. The van der Waals surface area contributed by atoms with E-state index in [1.807, 2.05) is 48.5 Å². The Bertz CT molecular complexity index is 2260. The zero-order valence-corrected chi connectivity index (χ0v) is 38.4. The fourth-order valence-corrected chi connectivity index (χ4v) is 11.3. The Hall–Kier alpha value is -4.85. The van der Waals surface area contributed by atoms with E-state index in [-0.39, 0.29) is 50.5 Å². The molecule has 7 atom stereocenters. The molecular formula is C53H64N2O9S. The number of methoxy groups -OCH3 is 1. The Morgan fingerprint density at radius 1 is 0.969 bits per heavy atom. The lowest BCUT2D eigenvalue weighted by atomic mass is 9.55. The summed E-state index contributed by atoms with van der Waals surface area (Å²) in [4.78, 5) is 23.8. The number of rotatable bonds is 21. The first kappa shape index (κ1) is 46.7. The van der Waals surface area contributed by atoms with Gasteiger partial charge in [0.25, 0.3) is 0 Å². The van der Waals surface area contributed by atoms with Gasteiger partial charge in [0.1, 0.15) is 17.5 Å². The first-order valence-corrected chi connectivity index (χ1v) is 24.4. The van der Waals surface area contributed by atoms with E-state index in [0.29, 0.717) is 37.5 Å². The van der Waals surface area contributed by atoms with Crippen LogP contribution < -0.4 is 9.47 Å². The molecule has 65 heavy (non-hydrogen) atoms. The van der Waals surface area contributed by atoms with Crippen molar-refractivity contribution in [3.63, 3.8) is 0 Å². The molecule has 1 unspecified atom stereocenters. The number of oxime groups is 1. The number of hydrogen-bond donors (Lipinski definition) is 2. The molecule has 4 aromatic rings. The van der Waals surface area contributed by atoms with Gasteiger partial charge in [0, 0.05) is 48.2 Å². The van der Waals surface area contributed by atoms with Crippen LogP contribution in [0, 0.1) is 17.8 Å². The first-order chi connectivity index (χ1) is 32.0. The van der Waals surface area contributed by atoms with Gasteiger partial charge < -0.3 is 38.7 Å². The third-order valence-electron chi connectivity index (χ3n) is 13.4. The van der Waals surface area contributed by atoms with Crippen molar-refractivity contribution in [3.05, 3.63) is 126 Å². The van der Waals surface area contributed by atoms with Crippen LogP contribution in [-0.4, -0.2) is 90.9 Å². The van der Waals surface area contributed by atoms with Gasteiger partial charge in [-0.3, -0.25) is 4.90 Å². The Morgan fingerprint density at radius 3 is 2.55 bits per heavy atom. The quantitative estimate of drug-likeness (QED) is 0.0361. The molecule has 1 amide bonds. The lowest BCUT2D eigenvalue weighted by Crippen LogP contribution is -2.70. The number of fused-ring (bicyclic) bond motifs is 3. The van der Waals surface area contributed by atoms with Crippen molar-refractivity contribution in [2.75, 3.05) is 45.9 Å². The second-order valence-corrected chi connectivity index (χ2v) is 18.6. The van der Waals surface area contributed by atoms with Gasteiger partial charge in [0.2, 0.25) is 12.1 Å². The molecule has 1 saturated heterocycles. The monoisotopic (exact) mass is 904 g/mol. The van der Waals surface area contributed by atoms with Crippen molar-refractivity contribution in [1.29, 1.82) is 0 Å². The van der Waals surface area contributed by atoms with Crippen molar-refractivity contribution in [3.8, 4) is 11.5 Å². The van der Waals surface area contributed by atoms with Crippen LogP contribution in [0.4, 0.5) is 4.79 Å². The fourth-order valence-electron chi connectivity index (χ4n) is 10.5. The summed E-state index contributed by atoms with van der Waals surface area (Å²) in [6, 6.07) is 30.0. The predicted octanol–water partition coefficient (Wildman–Crippen LogP) is 10.4. The van der Waals surface area contributed by atoms with Crippen molar-refractivity contribution >= 4 is 34.3 Å². The van der Waals surface area contributed by atoms with Crippen molar-refractivity contribution < 1.29 is 43.5 Å². The van der Waals surface area contributed by atoms with E-state index in [4.69, 9.17) is 33.7 Å². The summed E-state index contributed by atoms with van der Waals surface area (Å²) in [5.74, 6) is 0.241. The summed E-state index contributed by atoms with van der Waals surface area (Å²) >= 11 is 1.75. The second-order valence-electron chi connectivity index (χ2n) is 17.4.